The zero-order chi connectivity index (χ0) is 18.7. The Morgan fingerprint density at radius 3 is 2.27 bits per heavy atom. The Morgan fingerprint density at radius 2 is 1.69 bits per heavy atom. The number of likely N-dealkylation sites (tertiary alicyclic amines) is 1. The maximum atomic E-state index is 12.2. The van der Waals surface area contributed by atoms with Crippen molar-refractivity contribution in [1.29, 1.82) is 0 Å². The Balaban J connectivity index is 1.94. The highest BCUT2D eigenvalue weighted by atomic mass is 16.5. The topological polar surface area (TPSA) is 60.5 Å². The molecule has 0 bridgehead atoms. The molecule has 1 aliphatic rings. The summed E-state index contributed by atoms with van der Waals surface area (Å²) in [6.45, 7) is 8.32. The van der Waals surface area contributed by atoms with Gasteiger partial charge in [0, 0.05) is 30.0 Å². The van der Waals surface area contributed by atoms with Crippen LogP contribution >= 0.6 is 0 Å². The summed E-state index contributed by atoms with van der Waals surface area (Å²) in [6, 6.07) is 7.81. The van der Waals surface area contributed by atoms with E-state index in [-0.39, 0.29) is 5.91 Å². The highest BCUT2D eigenvalue weighted by Crippen LogP contribution is 2.33. The molecule has 0 radical (unpaired) electrons. The molecule has 1 saturated heterocycles. The molecule has 1 amide bonds. The van der Waals surface area contributed by atoms with Crippen LogP contribution in [0.1, 0.15) is 41.0 Å². The first-order valence-corrected chi connectivity index (χ1v) is 9.39. The van der Waals surface area contributed by atoms with Crippen molar-refractivity contribution in [3.63, 3.8) is 0 Å². The van der Waals surface area contributed by atoms with E-state index in [4.69, 9.17) is 10.5 Å². The fourth-order valence-electron chi connectivity index (χ4n) is 4.06. The number of carbonyl (C=O) groups is 1. The third-order valence-corrected chi connectivity index (χ3v) is 5.50. The van der Waals surface area contributed by atoms with E-state index >= 15 is 0 Å². The molecule has 5 nitrogen and oxygen atoms in total. The lowest BCUT2D eigenvalue weighted by Gasteiger charge is -2.27. The van der Waals surface area contributed by atoms with Gasteiger partial charge in [-0.05, 0) is 57.5 Å². The smallest absolute Gasteiger partial charge is 0.251 e. The Hall–Kier alpha value is -2.27. The van der Waals surface area contributed by atoms with Gasteiger partial charge in [-0.25, -0.2) is 0 Å². The van der Waals surface area contributed by atoms with Gasteiger partial charge in [0.1, 0.15) is 5.75 Å². The summed E-state index contributed by atoms with van der Waals surface area (Å²) in [5.74, 6) is 0.432. The van der Waals surface area contributed by atoms with Crippen molar-refractivity contribution in [1.82, 2.24) is 9.47 Å². The first-order chi connectivity index (χ1) is 12.5. The van der Waals surface area contributed by atoms with Crippen LogP contribution < -0.4 is 10.5 Å². The third-order valence-electron chi connectivity index (χ3n) is 5.50. The van der Waals surface area contributed by atoms with E-state index in [0.717, 1.165) is 41.4 Å². The van der Waals surface area contributed by atoms with Crippen LogP contribution in [0.25, 0.3) is 11.1 Å². The number of carbonyl (C=O) groups excluding carboxylic acids is 1. The van der Waals surface area contributed by atoms with E-state index in [0.29, 0.717) is 5.56 Å². The predicted molar refractivity (Wildman–Crippen MR) is 105 cm³/mol. The van der Waals surface area contributed by atoms with E-state index in [1.807, 2.05) is 31.2 Å². The highest BCUT2D eigenvalue weighted by Gasteiger charge is 2.23. The minimum Gasteiger partial charge on any atom is -0.497 e. The Morgan fingerprint density at radius 1 is 1.04 bits per heavy atom. The van der Waals surface area contributed by atoms with Crippen LogP contribution in [0.3, 0.4) is 0 Å². The number of benzene rings is 1. The van der Waals surface area contributed by atoms with Crippen molar-refractivity contribution < 1.29 is 9.53 Å². The zero-order valence-electron chi connectivity index (χ0n) is 16.0. The second kappa shape index (κ2) is 7.96. The summed E-state index contributed by atoms with van der Waals surface area (Å²) in [6.07, 6.45) is 3.91. The van der Waals surface area contributed by atoms with Crippen molar-refractivity contribution in [2.75, 3.05) is 26.7 Å². The molecule has 1 aliphatic heterocycles. The molecule has 0 spiro atoms. The average Bonchev–Trinajstić information content (AvgIpc) is 2.91. The number of piperidine rings is 1. The number of amides is 1. The summed E-state index contributed by atoms with van der Waals surface area (Å²) in [4.78, 5) is 14.7. The molecular weight excluding hydrogens is 326 g/mol. The summed E-state index contributed by atoms with van der Waals surface area (Å²) < 4.78 is 7.49. The zero-order valence-corrected chi connectivity index (χ0v) is 16.0. The number of hydrogen-bond acceptors (Lipinski definition) is 3. The van der Waals surface area contributed by atoms with Crippen LogP contribution in [0.2, 0.25) is 0 Å². The normalized spacial score (nSPS) is 15.2. The molecule has 2 N–H and O–H groups in total. The van der Waals surface area contributed by atoms with Gasteiger partial charge in [0.25, 0.3) is 5.91 Å². The molecule has 26 heavy (non-hydrogen) atoms. The lowest BCUT2D eigenvalue weighted by atomic mass is 10.00. The quantitative estimate of drug-likeness (QED) is 0.864. The SMILES string of the molecule is COc1ccc(-c2c(C(N)=O)c(C)n(CCN3CCCCC3)c2C)cc1. The molecule has 0 unspecified atom stereocenters. The summed E-state index contributed by atoms with van der Waals surface area (Å²) in [5.41, 5.74) is 10.4. The van der Waals surface area contributed by atoms with Crippen molar-refractivity contribution in [2.24, 2.45) is 5.73 Å². The molecule has 0 atom stereocenters. The molecule has 1 aromatic heterocycles. The minimum absolute atomic E-state index is 0.367. The largest absolute Gasteiger partial charge is 0.497 e. The van der Waals surface area contributed by atoms with E-state index in [1.165, 1.54) is 32.4 Å². The van der Waals surface area contributed by atoms with Gasteiger partial charge >= 0.3 is 0 Å². The lowest BCUT2D eigenvalue weighted by Crippen LogP contribution is -2.32. The van der Waals surface area contributed by atoms with E-state index in [9.17, 15) is 4.79 Å². The maximum absolute atomic E-state index is 12.2. The van der Waals surface area contributed by atoms with Gasteiger partial charge in [-0.2, -0.15) is 0 Å². The van der Waals surface area contributed by atoms with Gasteiger partial charge in [0.05, 0.1) is 12.7 Å². The first kappa shape index (κ1) is 18.5. The fourth-order valence-corrected chi connectivity index (χ4v) is 4.06. The molecule has 140 valence electrons. The number of primary amides is 1. The molecular formula is C21H29N3O2. The van der Waals surface area contributed by atoms with Gasteiger partial charge in [0.2, 0.25) is 0 Å². The molecule has 3 rings (SSSR count). The second-order valence-corrected chi connectivity index (χ2v) is 7.07. The molecule has 0 aliphatic carbocycles. The van der Waals surface area contributed by atoms with Gasteiger partial charge in [-0.1, -0.05) is 18.6 Å². The Bertz CT molecular complexity index is 772. The van der Waals surface area contributed by atoms with E-state index in [1.54, 1.807) is 7.11 Å². The van der Waals surface area contributed by atoms with Gasteiger partial charge in [-0.3, -0.25) is 4.79 Å². The maximum Gasteiger partial charge on any atom is 0.251 e. The van der Waals surface area contributed by atoms with Gasteiger partial charge < -0.3 is 19.9 Å². The summed E-state index contributed by atoms with van der Waals surface area (Å²) in [5, 5.41) is 0. The molecule has 2 aromatic rings. The van der Waals surface area contributed by atoms with Crippen LogP contribution in [0.5, 0.6) is 5.75 Å². The van der Waals surface area contributed by atoms with Crippen molar-refractivity contribution >= 4 is 5.91 Å². The molecule has 5 heteroatoms. The number of methoxy groups -OCH3 is 1. The van der Waals surface area contributed by atoms with Crippen LogP contribution in [-0.4, -0.2) is 42.1 Å². The van der Waals surface area contributed by atoms with Gasteiger partial charge in [0.15, 0.2) is 0 Å². The number of aromatic nitrogens is 1. The minimum atomic E-state index is -0.367. The molecule has 1 aromatic carbocycles. The number of rotatable bonds is 6. The second-order valence-electron chi connectivity index (χ2n) is 7.07. The number of ether oxygens (including phenoxy) is 1. The van der Waals surface area contributed by atoms with Crippen molar-refractivity contribution in [2.45, 2.75) is 39.7 Å². The highest BCUT2D eigenvalue weighted by molar-refractivity contribution is 6.02. The summed E-state index contributed by atoms with van der Waals surface area (Å²) in [7, 11) is 1.65. The van der Waals surface area contributed by atoms with Crippen molar-refractivity contribution in [3.05, 3.63) is 41.2 Å². The third kappa shape index (κ3) is 3.63. The van der Waals surface area contributed by atoms with Gasteiger partial charge in [-0.15, -0.1) is 0 Å². The monoisotopic (exact) mass is 355 g/mol. The van der Waals surface area contributed by atoms with Crippen LogP contribution in [0.4, 0.5) is 0 Å². The summed E-state index contributed by atoms with van der Waals surface area (Å²) >= 11 is 0. The average molecular weight is 355 g/mol. The van der Waals surface area contributed by atoms with Crippen LogP contribution in [-0.2, 0) is 6.54 Å². The fraction of sp³-hybridized carbons (Fsp3) is 0.476. The van der Waals surface area contributed by atoms with Crippen molar-refractivity contribution in [3.8, 4) is 16.9 Å². The van der Waals surface area contributed by atoms with E-state index in [2.05, 4.69) is 16.4 Å². The van der Waals surface area contributed by atoms with E-state index < -0.39 is 0 Å². The van der Waals surface area contributed by atoms with Crippen LogP contribution in [0, 0.1) is 13.8 Å². The molecule has 0 saturated carbocycles. The molecule has 2 heterocycles. The first-order valence-electron chi connectivity index (χ1n) is 9.39. The molecule has 1 fully saturated rings. The lowest BCUT2D eigenvalue weighted by molar-refractivity contribution is 0.1000. The standard InChI is InChI=1S/C21H29N3O2/c1-15-19(17-7-9-18(26-3)10-8-17)20(21(22)25)16(2)24(15)14-13-23-11-5-4-6-12-23/h7-10H,4-6,11-14H2,1-3H3,(H2,22,25). The predicted octanol–water partition coefficient (Wildman–Crippen LogP) is 3.37. The number of nitrogens with two attached hydrogens (primary N) is 1. The number of nitrogens with zero attached hydrogens (tertiary/aromatic N) is 2. The Labute approximate surface area is 155 Å². The Kier molecular flexibility index (Phi) is 5.67. The van der Waals surface area contributed by atoms with Crippen LogP contribution in [0.15, 0.2) is 24.3 Å². The number of hydrogen-bond donors (Lipinski definition) is 1.